The number of benzene rings is 1. The number of nitrogens with zero attached hydrogens (tertiary/aromatic N) is 3. The van der Waals surface area contributed by atoms with Gasteiger partial charge in [0.15, 0.2) is 0 Å². The monoisotopic (exact) mass is 312 g/mol. The molecule has 0 bridgehead atoms. The van der Waals surface area contributed by atoms with E-state index in [0.29, 0.717) is 12.1 Å². The van der Waals surface area contributed by atoms with Crippen LogP contribution in [0.2, 0.25) is 0 Å². The Kier molecular flexibility index (Phi) is 4.08. The van der Waals surface area contributed by atoms with Gasteiger partial charge < -0.3 is 9.88 Å². The van der Waals surface area contributed by atoms with Gasteiger partial charge in [-0.1, -0.05) is 15.9 Å². The van der Waals surface area contributed by atoms with E-state index in [9.17, 15) is 4.39 Å². The second-order valence-electron chi connectivity index (χ2n) is 4.13. The molecular weight excluding hydrogens is 299 g/mol. The number of nitrogens with one attached hydrogen (secondary N) is 1. The van der Waals surface area contributed by atoms with Crippen molar-refractivity contribution in [2.24, 2.45) is 7.05 Å². The van der Waals surface area contributed by atoms with E-state index in [1.165, 1.54) is 6.07 Å². The number of rotatable bonds is 4. The van der Waals surface area contributed by atoms with Crippen LogP contribution in [0.25, 0.3) is 0 Å². The molecule has 0 aliphatic rings. The molecule has 6 heteroatoms. The van der Waals surface area contributed by atoms with E-state index in [2.05, 4.69) is 31.4 Å². The second-order valence-corrected chi connectivity index (χ2v) is 5.04. The van der Waals surface area contributed by atoms with E-state index in [0.717, 1.165) is 10.3 Å². The van der Waals surface area contributed by atoms with E-state index in [-0.39, 0.29) is 11.9 Å². The van der Waals surface area contributed by atoms with E-state index < -0.39 is 0 Å². The van der Waals surface area contributed by atoms with Crippen LogP contribution in [-0.4, -0.2) is 14.8 Å². The highest BCUT2D eigenvalue weighted by atomic mass is 79.9. The van der Waals surface area contributed by atoms with E-state index in [1.54, 1.807) is 18.5 Å². The fourth-order valence-corrected chi connectivity index (χ4v) is 2.05. The maximum Gasteiger partial charge on any atom is 0.146 e. The lowest BCUT2D eigenvalue weighted by Gasteiger charge is -2.15. The van der Waals surface area contributed by atoms with Gasteiger partial charge in [-0.05, 0) is 25.1 Å². The smallest absolute Gasteiger partial charge is 0.146 e. The summed E-state index contributed by atoms with van der Waals surface area (Å²) in [7, 11) is 1.88. The van der Waals surface area contributed by atoms with Crippen molar-refractivity contribution < 1.29 is 4.39 Å². The number of aromatic nitrogens is 3. The molecule has 0 aliphatic carbocycles. The SMILES string of the molecule is C[C@H](NCc1nncn1C)c1cc(Br)ccc1F. The van der Waals surface area contributed by atoms with Crippen LogP contribution in [-0.2, 0) is 13.6 Å². The molecule has 0 amide bonds. The zero-order valence-electron chi connectivity index (χ0n) is 10.2. The minimum Gasteiger partial charge on any atom is -0.320 e. The van der Waals surface area contributed by atoms with Gasteiger partial charge >= 0.3 is 0 Å². The predicted molar refractivity (Wildman–Crippen MR) is 70.4 cm³/mol. The van der Waals surface area contributed by atoms with Crippen molar-refractivity contribution in [2.75, 3.05) is 0 Å². The predicted octanol–water partition coefficient (Wildman–Crippen LogP) is 2.57. The van der Waals surface area contributed by atoms with Crippen molar-refractivity contribution >= 4 is 15.9 Å². The lowest BCUT2D eigenvalue weighted by Crippen LogP contribution is -2.21. The third kappa shape index (κ3) is 2.94. The van der Waals surface area contributed by atoms with E-state index in [1.807, 2.05) is 18.5 Å². The first-order chi connectivity index (χ1) is 8.58. The Balaban J connectivity index is 2.06. The van der Waals surface area contributed by atoms with Crippen molar-refractivity contribution in [3.05, 3.63) is 46.2 Å². The van der Waals surface area contributed by atoms with E-state index in [4.69, 9.17) is 0 Å². The molecule has 0 radical (unpaired) electrons. The Labute approximate surface area is 113 Å². The molecular formula is C12H14BrFN4. The summed E-state index contributed by atoms with van der Waals surface area (Å²) in [6, 6.07) is 4.83. The highest BCUT2D eigenvalue weighted by molar-refractivity contribution is 9.10. The molecule has 2 aromatic rings. The van der Waals surface area contributed by atoms with Gasteiger partial charge in [-0.25, -0.2) is 4.39 Å². The molecule has 1 N–H and O–H groups in total. The third-order valence-corrected chi connectivity index (χ3v) is 3.29. The first-order valence-electron chi connectivity index (χ1n) is 5.59. The summed E-state index contributed by atoms with van der Waals surface area (Å²) in [5.41, 5.74) is 0.631. The summed E-state index contributed by atoms with van der Waals surface area (Å²) in [6.45, 7) is 2.46. The van der Waals surface area contributed by atoms with Crippen molar-refractivity contribution in [2.45, 2.75) is 19.5 Å². The first kappa shape index (κ1) is 13.2. The Morgan fingerprint density at radius 3 is 2.94 bits per heavy atom. The summed E-state index contributed by atoms with van der Waals surface area (Å²) >= 11 is 3.35. The minimum atomic E-state index is -0.212. The minimum absolute atomic E-state index is 0.0980. The fraction of sp³-hybridized carbons (Fsp3) is 0.333. The van der Waals surface area contributed by atoms with Crippen molar-refractivity contribution in [1.82, 2.24) is 20.1 Å². The van der Waals surface area contributed by atoms with Gasteiger partial charge in [0, 0.05) is 23.1 Å². The fourth-order valence-electron chi connectivity index (χ4n) is 1.67. The van der Waals surface area contributed by atoms with Gasteiger partial charge in [0.1, 0.15) is 18.0 Å². The summed E-state index contributed by atoms with van der Waals surface area (Å²) < 4.78 is 16.4. The van der Waals surface area contributed by atoms with Crippen LogP contribution in [0, 0.1) is 5.82 Å². The molecule has 18 heavy (non-hydrogen) atoms. The number of halogens is 2. The Bertz CT molecular complexity index is 541. The molecule has 0 aliphatic heterocycles. The molecule has 1 aromatic heterocycles. The lowest BCUT2D eigenvalue weighted by atomic mass is 10.1. The molecule has 0 saturated carbocycles. The van der Waals surface area contributed by atoms with Gasteiger partial charge in [-0.15, -0.1) is 10.2 Å². The molecule has 0 spiro atoms. The van der Waals surface area contributed by atoms with E-state index >= 15 is 0 Å². The number of hydrogen-bond acceptors (Lipinski definition) is 3. The van der Waals surface area contributed by atoms with Gasteiger partial charge in [0.2, 0.25) is 0 Å². The highest BCUT2D eigenvalue weighted by Crippen LogP contribution is 2.21. The van der Waals surface area contributed by atoms with Crippen LogP contribution >= 0.6 is 15.9 Å². The molecule has 1 heterocycles. The number of aryl methyl sites for hydroxylation is 1. The average Bonchev–Trinajstić information content (AvgIpc) is 2.75. The summed E-state index contributed by atoms with van der Waals surface area (Å²) in [4.78, 5) is 0. The molecule has 96 valence electrons. The number of hydrogen-bond donors (Lipinski definition) is 1. The first-order valence-corrected chi connectivity index (χ1v) is 6.38. The molecule has 0 fully saturated rings. The maximum absolute atomic E-state index is 13.7. The van der Waals surface area contributed by atoms with Crippen molar-refractivity contribution in [3.63, 3.8) is 0 Å². The topological polar surface area (TPSA) is 42.7 Å². The Morgan fingerprint density at radius 2 is 2.28 bits per heavy atom. The summed E-state index contributed by atoms with van der Waals surface area (Å²) in [6.07, 6.45) is 1.64. The highest BCUT2D eigenvalue weighted by Gasteiger charge is 2.12. The van der Waals surface area contributed by atoms with Crippen LogP contribution in [0.4, 0.5) is 4.39 Å². The largest absolute Gasteiger partial charge is 0.320 e. The third-order valence-electron chi connectivity index (χ3n) is 2.80. The maximum atomic E-state index is 13.7. The van der Waals surface area contributed by atoms with Crippen molar-refractivity contribution in [3.8, 4) is 0 Å². The van der Waals surface area contributed by atoms with Gasteiger partial charge in [-0.3, -0.25) is 0 Å². The van der Waals surface area contributed by atoms with Gasteiger partial charge in [0.25, 0.3) is 0 Å². The average molecular weight is 313 g/mol. The molecule has 4 nitrogen and oxygen atoms in total. The van der Waals surface area contributed by atoms with Crippen LogP contribution in [0.1, 0.15) is 24.4 Å². The molecule has 2 rings (SSSR count). The summed E-state index contributed by atoms with van der Waals surface area (Å²) in [5, 5.41) is 11.0. The zero-order chi connectivity index (χ0) is 13.1. The second kappa shape index (κ2) is 5.58. The van der Waals surface area contributed by atoms with Crippen molar-refractivity contribution in [1.29, 1.82) is 0 Å². The van der Waals surface area contributed by atoms with Gasteiger partial charge in [-0.2, -0.15) is 0 Å². The Morgan fingerprint density at radius 1 is 1.50 bits per heavy atom. The van der Waals surface area contributed by atoms with Crippen LogP contribution < -0.4 is 5.32 Å². The normalized spacial score (nSPS) is 12.7. The summed E-state index contributed by atoms with van der Waals surface area (Å²) in [5.74, 6) is 0.605. The lowest BCUT2D eigenvalue weighted by molar-refractivity contribution is 0.514. The molecule has 1 aromatic carbocycles. The molecule has 0 unspecified atom stereocenters. The van der Waals surface area contributed by atoms with Crippen LogP contribution in [0.15, 0.2) is 29.0 Å². The zero-order valence-corrected chi connectivity index (χ0v) is 11.8. The van der Waals surface area contributed by atoms with Gasteiger partial charge in [0.05, 0.1) is 6.54 Å². The molecule has 0 saturated heterocycles. The molecule has 1 atom stereocenters. The Hall–Kier alpha value is -1.27. The van der Waals surface area contributed by atoms with Crippen LogP contribution in [0.5, 0.6) is 0 Å². The quantitative estimate of drug-likeness (QED) is 0.943. The standard InChI is InChI=1S/C12H14BrFN4/c1-8(10-5-9(13)3-4-11(10)14)15-6-12-17-16-7-18(12)2/h3-5,7-8,15H,6H2,1-2H3/t8-/m0/s1. The van der Waals surface area contributed by atoms with Crippen LogP contribution in [0.3, 0.4) is 0 Å².